The molecule has 0 saturated carbocycles. The van der Waals surface area contributed by atoms with Gasteiger partial charge in [-0.15, -0.1) is 0 Å². The van der Waals surface area contributed by atoms with Crippen LogP contribution >= 0.6 is 0 Å². The van der Waals surface area contributed by atoms with E-state index in [1.807, 2.05) is 0 Å². The number of phenols is 1. The Morgan fingerprint density at radius 1 is 1.19 bits per heavy atom. The van der Waals surface area contributed by atoms with Gasteiger partial charge in [-0.1, -0.05) is 0 Å². The molecule has 0 fully saturated rings. The van der Waals surface area contributed by atoms with Gasteiger partial charge in [0.25, 0.3) is 0 Å². The summed E-state index contributed by atoms with van der Waals surface area (Å²) in [6.45, 7) is -0.137. The number of carboxylic acid groups (broad SMARTS) is 1. The molecule has 1 aliphatic rings. The Kier molecular flexibility index (Phi) is 6.39. The van der Waals surface area contributed by atoms with Crippen LogP contribution in [0.1, 0.15) is 28.7 Å². The highest BCUT2D eigenvalue weighted by Gasteiger charge is 2.37. The van der Waals surface area contributed by atoms with Gasteiger partial charge in [0.05, 0.1) is 26.7 Å². The lowest BCUT2D eigenvalue weighted by molar-refractivity contribution is -0.131. The van der Waals surface area contributed by atoms with Gasteiger partial charge in [0.2, 0.25) is 10.4 Å². The van der Waals surface area contributed by atoms with Crippen molar-refractivity contribution in [2.75, 3.05) is 20.8 Å². The summed E-state index contributed by atoms with van der Waals surface area (Å²) in [5.74, 6) is -1.78. The highest BCUT2D eigenvalue weighted by molar-refractivity contribution is 7.80. The molecule has 0 amide bonds. The summed E-state index contributed by atoms with van der Waals surface area (Å²) in [6, 6.07) is 7.45. The lowest BCUT2D eigenvalue weighted by Gasteiger charge is -2.34. The smallest absolute Gasteiger partial charge is 0.328 e. The maximum absolute atomic E-state index is 11.5. The van der Waals surface area contributed by atoms with Gasteiger partial charge in [-0.25, -0.2) is 13.2 Å². The van der Waals surface area contributed by atoms with E-state index in [0.717, 1.165) is 6.08 Å². The summed E-state index contributed by atoms with van der Waals surface area (Å²) in [5.41, 5.74) is 0.735. The number of rotatable bonds is 7. The van der Waals surface area contributed by atoms with E-state index >= 15 is 0 Å². The Hall–Kier alpha value is -3.28. The van der Waals surface area contributed by atoms with E-state index < -0.39 is 28.4 Å². The van der Waals surface area contributed by atoms with Gasteiger partial charge in [-0.2, -0.15) is 0 Å². The largest absolute Gasteiger partial charge is 0.726 e. The molecule has 2 aromatic rings. The number of aliphatic carboxylic acids is 1. The second kappa shape index (κ2) is 8.84. The summed E-state index contributed by atoms with van der Waals surface area (Å²) < 4.78 is 55.3. The van der Waals surface area contributed by atoms with Gasteiger partial charge in [0.15, 0.2) is 11.5 Å². The first-order valence-corrected chi connectivity index (χ1v) is 10.2. The molecule has 31 heavy (non-hydrogen) atoms. The van der Waals surface area contributed by atoms with Crippen molar-refractivity contribution in [2.45, 2.75) is 12.0 Å². The molecule has 2 atom stereocenters. The van der Waals surface area contributed by atoms with Crippen molar-refractivity contribution in [3.63, 3.8) is 0 Å². The molecule has 1 heterocycles. The molecule has 0 bridgehead atoms. The zero-order valence-corrected chi connectivity index (χ0v) is 17.3. The molecule has 10 nitrogen and oxygen atoms in total. The fourth-order valence-electron chi connectivity index (χ4n) is 3.34. The first-order chi connectivity index (χ1) is 14.6. The van der Waals surface area contributed by atoms with E-state index in [9.17, 15) is 22.9 Å². The van der Waals surface area contributed by atoms with Crippen molar-refractivity contribution in [1.82, 2.24) is 0 Å². The van der Waals surface area contributed by atoms with Crippen LogP contribution < -0.4 is 14.2 Å². The van der Waals surface area contributed by atoms with Crippen molar-refractivity contribution in [1.29, 1.82) is 0 Å². The van der Waals surface area contributed by atoms with Crippen LogP contribution in [0.25, 0.3) is 6.08 Å². The first-order valence-electron chi connectivity index (χ1n) is 8.89. The third-order valence-electron chi connectivity index (χ3n) is 4.69. The number of hydrogen-bond acceptors (Lipinski definition) is 9. The monoisotopic (exact) mass is 451 g/mol. The van der Waals surface area contributed by atoms with Crippen LogP contribution in [0, 0.1) is 0 Å². The number of fused-ring (bicyclic) bond motifs is 1. The summed E-state index contributed by atoms with van der Waals surface area (Å²) in [4.78, 5) is 10.9. The van der Waals surface area contributed by atoms with Crippen LogP contribution in [0.4, 0.5) is 0 Å². The number of benzene rings is 2. The van der Waals surface area contributed by atoms with E-state index in [0.29, 0.717) is 17.1 Å². The Bertz CT molecular complexity index is 1120. The molecule has 0 saturated heterocycles. The van der Waals surface area contributed by atoms with Crippen LogP contribution in [0.15, 0.2) is 36.4 Å². The van der Waals surface area contributed by atoms with Crippen LogP contribution in [-0.4, -0.2) is 50.0 Å². The van der Waals surface area contributed by atoms with Gasteiger partial charge in [-0.05, 0) is 42.0 Å². The number of carboxylic acids is 1. The third-order valence-corrected chi connectivity index (χ3v) is 5.14. The molecule has 0 aliphatic carbocycles. The topological polar surface area (TPSA) is 152 Å². The second-order valence-electron chi connectivity index (χ2n) is 6.58. The van der Waals surface area contributed by atoms with Crippen molar-refractivity contribution in [3.8, 4) is 23.0 Å². The van der Waals surface area contributed by atoms with Crippen LogP contribution in [0.2, 0.25) is 0 Å². The molecule has 1 aliphatic heterocycles. The number of methoxy groups -OCH3 is 2. The number of ether oxygens (including phenoxy) is 3. The highest BCUT2D eigenvalue weighted by atomic mass is 32.3. The number of hydrogen-bond donors (Lipinski definition) is 2. The van der Waals surface area contributed by atoms with Crippen molar-refractivity contribution in [2.24, 2.45) is 0 Å². The first kappa shape index (κ1) is 22.4. The predicted molar refractivity (Wildman–Crippen MR) is 106 cm³/mol. The summed E-state index contributed by atoms with van der Waals surface area (Å²) in [5, 5.41) is 19.6. The Morgan fingerprint density at radius 2 is 1.94 bits per heavy atom. The average molecular weight is 451 g/mol. The zero-order valence-electron chi connectivity index (χ0n) is 16.5. The van der Waals surface area contributed by atoms with Crippen molar-refractivity contribution >= 4 is 22.4 Å². The van der Waals surface area contributed by atoms with Crippen molar-refractivity contribution < 1.29 is 46.4 Å². The van der Waals surface area contributed by atoms with E-state index in [-0.39, 0.29) is 29.2 Å². The summed E-state index contributed by atoms with van der Waals surface area (Å²) >= 11 is 0. The molecular weight excluding hydrogens is 432 g/mol. The maximum atomic E-state index is 11.5. The standard InChI is InChI=1S/C20H20O10S/c1-27-12-4-5-16-14(9-12)20(30-31(24,25)26)15(10-29-16)13-7-11(3-6-18(21)22)8-17(28-2)19(13)23/h3-9,15,20,23H,10H2,1-2H3,(H,21,22)(H,24,25,26)/p-1/b6-3+. The van der Waals surface area contributed by atoms with Crippen LogP contribution in [0.5, 0.6) is 23.0 Å². The van der Waals surface area contributed by atoms with E-state index in [4.69, 9.17) is 23.5 Å². The molecule has 2 unspecified atom stereocenters. The Labute approximate surface area is 178 Å². The van der Waals surface area contributed by atoms with Crippen molar-refractivity contribution in [3.05, 3.63) is 53.1 Å². The predicted octanol–water partition coefficient (Wildman–Crippen LogP) is 2.20. The van der Waals surface area contributed by atoms with Gasteiger partial charge in [-0.3, -0.25) is 4.18 Å². The minimum atomic E-state index is -5.14. The van der Waals surface area contributed by atoms with Gasteiger partial charge in [0, 0.05) is 17.2 Å². The highest BCUT2D eigenvalue weighted by Crippen LogP contribution is 2.48. The van der Waals surface area contributed by atoms with Gasteiger partial charge >= 0.3 is 5.97 Å². The number of carbonyl (C=O) groups is 1. The lowest BCUT2D eigenvalue weighted by Crippen LogP contribution is -2.28. The normalized spacial score (nSPS) is 18.3. The van der Waals surface area contributed by atoms with Gasteiger partial charge in [0.1, 0.15) is 17.6 Å². The van der Waals surface area contributed by atoms with E-state index in [2.05, 4.69) is 0 Å². The molecule has 2 N–H and O–H groups in total. The van der Waals surface area contributed by atoms with Crippen LogP contribution in [-0.2, 0) is 19.4 Å². The minimum absolute atomic E-state index is 0.0164. The second-order valence-corrected chi connectivity index (χ2v) is 7.59. The third kappa shape index (κ3) is 5.08. The Balaban J connectivity index is 2.17. The summed E-state index contributed by atoms with van der Waals surface area (Å²) in [6.07, 6.45) is 0.827. The minimum Gasteiger partial charge on any atom is -0.726 e. The van der Waals surface area contributed by atoms with Crippen LogP contribution in [0.3, 0.4) is 0 Å². The summed E-state index contributed by atoms with van der Waals surface area (Å²) in [7, 11) is -2.42. The molecule has 166 valence electrons. The fraction of sp³-hybridized carbons (Fsp3) is 0.250. The number of phenolic OH excluding ortho intramolecular Hbond substituents is 1. The quantitative estimate of drug-likeness (QED) is 0.364. The Morgan fingerprint density at radius 3 is 2.55 bits per heavy atom. The van der Waals surface area contributed by atoms with E-state index in [1.54, 1.807) is 12.1 Å². The molecule has 3 rings (SSSR count). The van der Waals surface area contributed by atoms with Gasteiger partial charge < -0.3 is 29.0 Å². The molecule has 0 aromatic heterocycles. The number of aromatic hydroxyl groups is 1. The molecule has 2 aromatic carbocycles. The molecule has 11 heteroatoms. The fourth-order valence-corrected chi connectivity index (χ4v) is 3.84. The average Bonchev–Trinajstić information content (AvgIpc) is 2.72. The molecular formula is C20H19O10S-. The molecule has 0 spiro atoms. The van der Waals surface area contributed by atoms with E-state index in [1.165, 1.54) is 38.5 Å². The zero-order chi connectivity index (χ0) is 22.8. The maximum Gasteiger partial charge on any atom is 0.328 e. The molecule has 0 radical (unpaired) electrons. The lowest BCUT2D eigenvalue weighted by atomic mass is 9.86. The SMILES string of the molecule is COc1ccc2c(c1)C(OS(=O)(=O)[O-])C(c1cc(/C=C/C(=O)O)cc(OC)c1O)CO2.